The van der Waals surface area contributed by atoms with Crippen molar-refractivity contribution >= 4 is 0 Å². The zero-order chi connectivity index (χ0) is 18.0. The minimum absolute atomic E-state index is 0.00822. The van der Waals surface area contributed by atoms with Crippen LogP contribution in [0.5, 0.6) is 5.75 Å². The first-order valence-corrected chi connectivity index (χ1v) is 8.89. The lowest BCUT2D eigenvalue weighted by Gasteiger charge is -2.25. The topological polar surface area (TPSA) is 20.2 Å². The fourth-order valence-corrected chi connectivity index (χ4v) is 3.17. The molecule has 0 unspecified atom stereocenters. The molecule has 2 aliphatic rings. The molecule has 0 heterocycles. The maximum atomic E-state index is 9.31. The largest absolute Gasteiger partial charge is 0.508 e. The zero-order valence-corrected chi connectivity index (χ0v) is 15.5. The van der Waals surface area contributed by atoms with Gasteiger partial charge in [-0.2, -0.15) is 0 Å². The molecule has 2 aromatic carbocycles. The van der Waals surface area contributed by atoms with Gasteiger partial charge in [-0.1, -0.05) is 82.3 Å². The fraction of sp³-hybridized carbons (Fsp3) is 0.250. The molecule has 1 nitrogen and oxygen atoms in total. The van der Waals surface area contributed by atoms with Crippen molar-refractivity contribution in [3.05, 3.63) is 89.5 Å². The first kappa shape index (κ1) is 17.3. The van der Waals surface area contributed by atoms with Crippen LogP contribution in [-0.2, 0) is 5.41 Å². The molecule has 0 amide bonds. The van der Waals surface area contributed by atoms with Gasteiger partial charge in [0, 0.05) is 5.41 Å². The molecule has 128 valence electrons. The third-order valence-electron chi connectivity index (χ3n) is 4.98. The summed E-state index contributed by atoms with van der Waals surface area (Å²) < 4.78 is 0. The summed E-state index contributed by atoms with van der Waals surface area (Å²) in [5, 5.41) is 9.31. The highest BCUT2D eigenvalue weighted by Gasteiger charge is 2.30. The van der Waals surface area contributed by atoms with E-state index in [9.17, 15) is 5.11 Å². The molecular formula is C24H26O. The van der Waals surface area contributed by atoms with Gasteiger partial charge in [-0.05, 0) is 51.9 Å². The molecular weight excluding hydrogens is 304 g/mol. The van der Waals surface area contributed by atoms with Crippen molar-refractivity contribution in [3.63, 3.8) is 0 Å². The Morgan fingerprint density at radius 2 is 1.44 bits per heavy atom. The highest BCUT2D eigenvalue weighted by atomic mass is 16.3. The lowest BCUT2D eigenvalue weighted by molar-refractivity contribution is 0.474. The molecule has 2 aliphatic carbocycles. The Bertz CT molecular complexity index is 843. The zero-order valence-electron chi connectivity index (χ0n) is 15.5. The van der Waals surface area contributed by atoms with Crippen LogP contribution in [0.3, 0.4) is 0 Å². The lowest BCUT2D eigenvalue weighted by atomic mass is 9.78. The van der Waals surface area contributed by atoms with E-state index in [2.05, 4.69) is 70.2 Å². The second-order valence-electron chi connectivity index (χ2n) is 7.50. The number of fused-ring (bicyclic) bond motifs is 1. The summed E-state index contributed by atoms with van der Waals surface area (Å²) in [7, 11) is 0. The molecule has 0 saturated carbocycles. The Labute approximate surface area is 151 Å². The third-order valence-corrected chi connectivity index (χ3v) is 4.98. The van der Waals surface area contributed by atoms with Crippen LogP contribution in [0, 0.1) is 0 Å². The van der Waals surface area contributed by atoms with Crippen molar-refractivity contribution in [2.24, 2.45) is 0 Å². The number of hydrogen-bond acceptors (Lipinski definition) is 1. The molecule has 0 aromatic heterocycles. The van der Waals surface area contributed by atoms with Gasteiger partial charge >= 0.3 is 0 Å². The van der Waals surface area contributed by atoms with Crippen molar-refractivity contribution < 1.29 is 5.11 Å². The number of phenolic OH excluding ortho intramolecular Hbond substituents is 1. The van der Waals surface area contributed by atoms with E-state index in [1.54, 1.807) is 12.1 Å². The molecule has 1 heteroatoms. The summed E-state index contributed by atoms with van der Waals surface area (Å²) in [6, 6.07) is 24.6. The van der Waals surface area contributed by atoms with Crippen LogP contribution in [0.2, 0.25) is 0 Å². The van der Waals surface area contributed by atoms with Crippen LogP contribution < -0.4 is 0 Å². The minimum atomic E-state index is 0.00822. The number of rotatable bonds is 3. The van der Waals surface area contributed by atoms with Crippen molar-refractivity contribution in [1.29, 1.82) is 0 Å². The molecule has 0 bridgehead atoms. The van der Waals surface area contributed by atoms with E-state index in [0.717, 1.165) is 0 Å². The Kier molecular flexibility index (Phi) is 4.67. The van der Waals surface area contributed by atoms with Crippen LogP contribution >= 0.6 is 0 Å². The molecule has 0 aliphatic heterocycles. The van der Waals surface area contributed by atoms with E-state index in [4.69, 9.17) is 0 Å². The predicted octanol–water partition coefficient (Wildman–Crippen LogP) is 6.51. The molecule has 2 aromatic rings. The fourth-order valence-electron chi connectivity index (χ4n) is 3.17. The van der Waals surface area contributed by atoms with Gasteiger partial charge in [0.05, 0.1) is 0 Å². The SMILES string of the molecule is CC(C)(c1ccc(O)cc1)c1ccc2cc1-2.CC(C)c1ccccc1. The molecule has 4 rings (SSSR count). The van der Waals surface area contributed by atoms with Gasteiger partial charge in [-0.3, -0.25) is 0 Å². The average molecular weight is 330 g/mol. The number of hydrogen-bond donors (Lipinski definition) is 1. The summed E-state index contributed by atoms with van der Waals surface area (Å²) in [6.45, 7) is 8.85. The van der Waals surface area contributed by atoms with Crippen LogP contribution in [0.4, 0.5) is 0 Å². The molecule has 25 heavy (non-hydrogen) atoms. The van der Waals surface area contributed by atoms with Crippen LogP contribution in [0.15, 0.2) is 72.8 Å². The Morgan fingerprint density at radius 3 is 1.88 bits per heavy atom. The number of phenols is 1. The van der Waals surface area contributed by atoms with Gasteiger partial charge in [0.25, 0.3) is 0 Å². The van der Waals surface area contributed by atoms with Crippen molar-refractivity contribution in [1.82, 2.24) is 0 Å². The lowest BCUT2D eigenvalue weighted by Crippen LogP contribution is -2.17. The van der Waals surface area contributed by atoms with E-state index in [1.807, 2.05) is 18.2 Å². The van der Waals surface area contributed by atoms with Crippen molar-refractivity contribution in [3.8, 4) is 16.9 Å². The highest BCUT2D eigenvalue weighted by molar-refractivity contribution is 5.86. The van der Waals surface area contributed by atoms with Crippen LogP contribution in [-0.4, -0.2) is 5.11 Å². The summed E-state index contributed by atoms with van der Waals surface area (Å²) in [6.07, 6.45) is 0. The molecule has 1 N–H and O–H groups in total. The average Bonchev–Trinajstić information content (AvgIpc) is 3.25. The second-order valence-corrected chi connectivity index (χ2v) is 7.50. The van der Waals surface area contributed by atoms with E-state index < -0.39 is 0 Å². The van der Waals surface area contributed by atoms with Gasteiger partial charge in [-0.25, -0.2) is 0 Å². The van der Waals surface area contributed by atoms with Crippen molar-refractivity contribution in [2.75, 3.05) is 0 Å². The van der Waals surface area contributed by atoms with Gasteiger partial charge in [-0.15, -0.1) is 0 Å². The third kappa shape index (κ3) is 3.76. The summed E-state index contributed by atoms with van der Waals surface area (Å²) in [5.74, 6) is 0.982. The van der Waals surface area contributed by atoms with E-state index in [0.29, 0.717) is 11.7 Å². The first-order valence-electron chi connectivity index (χ1n) is 8.89. The molecule has 0 saturated heterocycles. The van der Waals surface area contributed by atoms with Gasteiger partial charge in [0.1, 0.15) is 5.75 Å². The summed E-state index contributed by atoms with van der Waals surface area (Å²) in [4.78, 5) is 0. The Balaban J connectivity index is 0.000000173. The predicted molar refractivity (Wildman–Crippen MR) is 106 cm³/mol. The number of benzene rings is 3. The number of aromatic hydroxyl groups is 1. The van der Waals surface area contributed by atoms with Crippen LogP contribution in [0.25, 0.3) is 11.1 Å². The van der Waals surface area contributed by atoms with Gasteiger partial charge in [0.2, 0.25) is 0 Å². The molecule has 0 atom stereocenters. The van der Waals surface area contributed by atoms with Gasteiger partial charge < -0.3 is 5.11 Å². The maximum Gasteiger partial charge on any atom is 0.115 e. The van der Waals surface area contributed by atoms with Crippen LogP contribution in [0.1, 0.15) is 50.3 Å². The maximum absolute atomic E-state index is 9.31. The smallest absolute Gasteiger partial charge is 0.115 e. The summed E-state index contributed by atoms with van der Waals surface area (Å²) >= 11 is 0. The Morgan fingerprint density at radius 1 is 0.800 bits per heavy atom. The molecule has 0 fully saturated rings. The quantitative estimate of drug-likeness (QED) is 0.454. The Hall–Kier alpha value is -2.54. The highest BCUT2D eigenvalue weighted by Crippen LogP contribution is 2.46. The first-order chi connectivity index (χ1) is 11.9. The summed E-state index contributed by atoms with van der Waals surface area (Å²) in [5.41, 5.74) is 6.82. The minimum Gasteiger partial charge on any atom is -0.508 e. The normalized spacial score (nSPS) is 11.7. The van der Waals surface area contributed by atoms with E-state index >= 15 is 0 Å². The van der Waals surface area contributed by atoms with E-state index in [1.165, 1.54) is 27.8 Å². The van der Waals surface area contributed by atoms with Crippen molar-refractivity contribution in [2.45, 2.75) is 39.0 Å². The monoisotopic (exact) mass is 330 g/mol. The standard InChI is InChI=1S/C15H14O.C9H12/c1-15(2,11-4-6-12(16)7-5-11)14-8-3-10-9-13(10)14;1-8(2)9-6-4-3-5-7-9/h3-9,16H,1-2H3;3-8H,1-2H3. The van der Waals surface area contributed by atoms with Gasteiger partial charge in [0.15, 0.2) is 0 Å². The second kappa shape index (κ2) is 6.76. The molecule has 0 spiro atoms. The van der Waals surface area contributed by atoms with E-state index in [-0.39, 0.29) is 5.41 Å². The molecule has 0 radical (unpaired) electrons.